The summed E-state index contributed by atoms with van der Waals surface area (Å²) in [6.45, 7) is 0. The second kappa shape index (κ2) is 5.53. The zero-order chi connectivity index (χ0) is 14.1. The first kappa shape index (κ1) is 13.6. The highest BCUT2D eigenvalue weighted by molar-refractivity contribution is 14.1. The van der Waals surface area contributed by atoms with Crippen LogP contribution in [0.3, 0.4) is 0 Å². The van der Waals surface area contributed by atoms with E-state index in [-0.39, 0.29) is 5.75 Å². The quantitative estimate of drug-likeness (QED) is 0.594. The predicted molar refractivity (Wildman–Crippen MR) is 87.3 cm³/mol. The molecule has 4 nitrogen and oxygen atoms in total. The number of benzene rings is 2. The summed E-state index contributed by atoms with van der Waals surface area (Å²) >= 11 is 5.54. The van der Waals surface area contributed by atoms with Crippen LogP contribution in [0.15, 0.2) is 51.5 Å². The summed E-state index contributed by atoms with van der Waals surface area (Å²) in [5.41, 5.74) is 1.39. The molecule has 0 amide bonds. The minimum Gasteiger partial charge on any atom is -0.507 e. The maximum Gasteiger partial charge on any atom is 0.262 e. The molecule has 0 atom stereocenters. The first-order valence-electron chi connectivity index (χ1n) is 5.72. The third kappa shape index (κ3) is 2.71. The van der Waals surface area contributed by atoms with Gasteiger partial charge in [0.2, 0.25) is 5.82 Å². The molecule has 3 aromatic rings. The molecule has 1 aromatic heterocycles. The first-order valence-corrected chi connectivity index (χ1v) is 7.59. The fourth-order valence-corrected chi connectivity index (χ4v) is 2.48. The van der Waals surface area contributed by atoms with E-state index in [0.29, 0.717) is 17.3 Å². The van der Waals surface area contributed by atoms with Gasteiger partial charge in [0, 0.05) is 13.6 Å². The van der Waals surface area contributed by atoms with Gasteiger partial charge in [-0.25, -0.2) is 0 Å². The van der Waals surface area contributed by atoms with Gasteiger partial charge in [-0.05, 0) is 65.1 Å². The average molecular weight is 443 g/mol. The standard InChI is InChI=1S/C14H8BrIN2O2/c15-9-3-1-8(2-4-9)13-17-14(20-18-13)11-7-10(16)5-6-12(11)19/h1-7,19H. The SMILES string of the molecule is Oc1ccc(I)cc1-c1nc(-c2ccc(Br)cc2)no1. The summed E-state index contributed by atoms with van der Waals surface area (Å²) in [4.78, 5) is 4.33. The van der Waals surface area contributed by atoms with Crippen molar-refractivity contribution in [3.8, 4) is 28.6 Å². The van der Waals surface area contributed by atoms with Gasteiger partial charge in [0.15, 0.2) is 0 Å². The van der Waals surface area contributed by atoms with Gasteiger partial charge in [-0.1, -0.05) is 21.1 Å². The number of phenolic OH excluding ortho intramolecular Hbond substituents is 1. The molecule has 100 valence electrons. The third-order valence-electron chi connectivity index (χ3n) is 2.72. The molecule has 0 bridgehead atoms. The molecule has 1 N–H and O–H groups in total. The lowest BCUT2D eigenvalue weighted by Crippen LogP contribution is -1.83. The Kier molecular flexibility index (Phi) is 3.75. The van der Waals surface area contributed by atoms with Crippen molar-refractivity contribution in [1.29, 1.82) is 0 Å². The van der Waals surface area contributed by atoms with E-state index < -0.39 is 0 Å². The fraction of sp³-hybridized carbons (Fsp3) is 0. The molecular weight excluding hydrogens is 435 g/mol. The fourth-order valence-electron chi connectivity index (χ4n) is 1.73. The monoisotopic (exact) mass is 442 g/mol. The molecule has 0 radical (unpaired) electrons. The molecule has 0 aliphatic heterocycles. The number of hydrogen-bond donors (Lipinski definition) is 1. The van der Waals surface area contributed by atoms with E-state index in [4.69, 9.17) is 4.52 Å². The number of halogens is 2. The number of aromatic hydroxyl groups is 1. The Morgan fingerprint density at radius 2 is 1.85 bits per heavy atom. The van der Waals surface area contributed by atoms with Crippen LogP contribution in [-0.4, -0.2) is 15.2 Å². The molecule has 1 heterocycles. The van der Waals surface area contributed by atoms with E-state index in [0.717, 1.165) is 13.6 Å². The molecule has 0 spiro atoms. The number of nitrogens with zero attached hydrogens (tertiary/aromatic N) is 2. The molecule has 20 heavy (non-hydrogen) atoms. The Bertz CT molecular complexity index is 756. The normalized spacial score (nSPS) is 10.7. The summed E-state index contributed by atoms with van der Waals surface area (Å²) in [5.74, 6) is 0.918. The summed E-state index contributed by atoms with van der Waals surface area (Å²) in [5, 5.41) is 13.8. The highest BCUT2D eigenvalue weighted by atomic mass is 127. The highest BCUT2D eigenvalue weighted by Crippen LogP contribution is 2.30. The number of aromatic nitrogens is 2. The van der Waals surface area contributed by atoms with Gasteiger partial charge in [-0.15, -0.1) is 0 Å². The molecule has 0 fully saturated rings. The molecule has 2 aromatic carbocycles. The van der Waals surface area contributed by atoms with Crippen LogP contribution in [0, 0.1) is 3.57 Å². The van der Waals surface area contributed by atoms with E-state index in [1.807, 2.05) is 30.3 Å². The first-order chi connectivity index (χ1) is 9.63. The van der Waals surface area contributed by atoms with Crippen molar-refractivity contribution in [3.05, 3.63) is 50.5 Å². The van der Waals surface area contributed by atoms with Crippen molar-refractivity contribution < 1.29 is 9.63 Å². The van der Waals surface area contributed by atoms with Crippen LogP contribution in [0.4, 0.5) is 0 Å². The third-order valence-corrected chi connectivity index (χ3v) is 3.92. The Morgan fingerprint density at radius 3 is 2.60 bits per heavy atom. The smallest absolute Gasteiger partial charge is 0.262 e. The molecular formula is C14H8BrIN2O2. The second-order valence-corrected chi connectivity index (χ2v) is 6.25. The van der Waals surface area contributed by atoms with Crippen molar-refractivity contribution in [3.63, 3.8) is 0 Å². The zero-order valence-electron chi connectivity index (χ0n) is 10.0. The van der Waals surface area contributed by atoms with E-state index >= 15 is 0 Å². The van der Waals surface area contributed by atoms with E-state index in [1.54, 1.807) is 12.1 Å². The Balaban J connectivity index is 2.01. The van der Waals surface area contributed by atoms with Crippen LogP contribution in [0.2, 0.25) is 0 Å². The lowest BCUT2D eigenvalue weighted by molar-refractivity contribution is 0.425. The van der Waals surface area contributed by atoms with Crippen LogP contribution in [0.5, 0.6) is 5.75 Å². The van der Waals surface area contributed by atoms with Gasteiger partial charge >= 0.3 is 0 Å². The van der Waals surface area contributed by atoms with Crippen molar-refractivity contribution in [1.82, 2.24) is 10.1 Å². The van der Waals surface area contributed by atoms with Gasteiger partial charge < -0.3 is 9.63 Å². The van der Waals surface area contributed by atoms with Gasteiger partial charge in [0.25, 0.3) is 5.89 Å². The largest absolute Gasteiger partial charge is 0.507 e. The Labute approximate surface area is 137 Å². The topological polar surface area (TPSA) is 59.2 Å². The number of hydrogen-bond acceptors (Lipinski definition) is 4. The molecule has 0 aliphatic rings. The summed E-state index contributed by atoms with van der Waals surface area (Å²) < 4.78 is 7.21. The van der Waals surface area contributed by atoms with Gasteiger partial charge in [-0.2, -0.15) is 4.98 Å². The lowest BCUT2D eigenvalue weighted by atomic mass is 10.2. The molecule has 0 unspecified atom stereocenters. The minimum absolute atomic E-state index is 0.122. The van der Waals surface area contributed by atoms with Crippen LogP contribution in [0.1, 0.15) is 0 Å². The Morgan fingerprint density at radius 1 is 1.10 bits per heavy atom. The van der Waals surface area contributed by atoms with Crippen molar-refractivity contribution in [2.75, 3.05) is 0 Å². The zero-order valence-corrected chi connectivity index (χ0v) is 13.8. The Hall–Kier alpha value is -1.41. The molecule has 0 aliphatic carbocycles. The van der Waals surface area contributed by atoms with E-state index in [9.17, 15) is 5.11 Å². The molecule has 0 saturated carbocycles. The molecule has 6 heteroatoms. The van der Waals surface area contributed by atoms with Crippen LogP contribution in [-0.2, 0) is 0 Å². The summed E-state index contributed by atoms with van der Waals surface area (Å²) in [6, 6.07) is 12.8. The van der Waals surface area contributed by atoms with Gasteiger partial charge in [0.1, 0.15) is 5.75 Å². The van der Waals surface area contributed by atoms with Gasteiger partial charge in [0.05, 0.1) is 5.56 Å². The van der Waals surface area contributed by atoms with Crippen molar-refractivity contribution >= 4 is 38.5 Å². The van der Waals surface area contributed by atoms with Crippen LogP contribution < -0.4 is 0 Å². The predicted octanol–water partition coefficient (Wildman–Crippen LogP) is 4.48. The van der Waals surface area contributed by atoms with Gasteiger partial charge in [-0.3, -0.25) is 0 Å². The highest BCUT2D eigenvalue weighted by Gasteiger charge is 2.14. The van der Waals surface area contributed by atoms with Crippen LogP contribution in [0.25, 0.3) is 22.8 Å². The minimum atomic E-state index is 0.122. The number of rotatable bonds is 2. The number of phenols is 1. The van der Waals surface area contributed by atoms with Crippen LogP contribution >= 0.6 is 38.5 Å². The molecule has 0 saturated heterocycles. The van der Waals surface area contributed by atoms with E-state index in [1.165, 1.54) is 0 Å². The maximum atomic E-state index is 9.87. The average Bonchev–Trinajstić information content (AvgIpc) is 2.92. The molecule has 3 rings (SSSR count). The van der Waals surface area contributed by atoms with Crippen molar-refractivity contribution in [2.24, 2.45) is 0 Å². The second-order valence-electron chi connectivity index (χ2n) is 4.09. The summed E-state index contributed by atoms with van der Waals surface area (Å²) in [6.07, 6.45) is 0. The lowest BCUT2D eigenvalue weighted by Gasteiger charge is -1.99. The van der Waals surface area contributed by atoms with Crippen molar-refractivity contribution in [2.45, 2.75) is 0 Å². The summed E-state index contributed by atoms with van der Waals surface area (Å²) in [7, 11) is 0. The maximum absolute atomic E-state index is 9.87. The van der Waals surface area contributed by atoms with E-state index in [2.05, 4.69) is 48.7 Å².